The summed E-state index contributed by atoms with van der Waals surface area (Å²) >= 11 is 1.72. The highest BCUT2D eigenvalue weighted by Crippen LogP contribution is 2.39. The number of likely N-dealkylation sites (tertiary alicyclic amines) is 1. The van der Waals surface area contributed by atoms with Gasteiger partial charge in [0.25, 0.3) is 0 Å². The Morgan fingerprint density at radius 1 is 1.17 bits per heavy atom. The quantitative estimate of drug-likeness (QED) is 0.604. The minimum atomic E-state index is 0.838. The number of rotatable bonds is 2. The fourth-order valence-electron chi connectivity index (χ4n) is 2.75. The van der Waals surface area contributed by atoms with Crippen LogP contribution in [0.5, 0.6) is 0 Å². The van der Waals surface area contributed by atoms with E-state index in [-0.39, 0.29) is 0 Å². The topological polar surface area (TPSA) is 39.4 Å². The first-order chi connectivity index (χ1) is 8.88. The van der Waals surface area contributed by atoms with E-state index in [2.05, 4.69) is 16.0 Å². The first kappa shape index (κ1) is 11.7. The number of aliphatic imine (C=N–C) groups is 1. The third kappa shape index (κ3) is 2.15. The Morgan fingerprint density at radius 2 is 1.94 bits per heavy atom. The maximum absolute atomic E-state index is 9.32. The van der Waals surface area contributed by atoms with Crippen molar-refractivity contribution in [3.8, 4) is 6.07 Å². The van der Waals surface area contributed by atoms with E-state index in [0.29, 0.717) is 0 Å². The van der Waals surface area contributed by atoms with Gasteiger partial charge in [-0.2, -0.15) is 5.26 Å². The van der Waals surface area contributed by atoms with Gasteiger partial charge in [0.2, 0.25) is 0 Å². The van der Waals surface area contributed by atoms with Crippen LogP contribution in [-0.4, -0.2) is 24.3 Å². The van der Waals surface area contributed by atoms with Crippen molar-refractivity contribution in [3.05, 3.63) is 16.0 Å². The molecule has 0 bridgehead atoms. The van der Waals surface area contributed by atoms with E-state index in [1.165, 1.54) is 36.1 Å². The molecule has 2 heterocycles. The second-order valence-electron chi connectivity index (χ2n) is 4.99. The predicted octanol–water partition coefficient (Wildman–Crippen LogP) is 3.25. The number of thiophene rings is 1. The van der Waals surface area contributed by atoms with Crippen LogP contribution in [0, 0.1) is 11.3 Å². The average molecular weight is 259 g/mol. The zero-order valence-corrected chi connectivity index (χ0v) is 11.3. The summed E-state index contributed by atoms with van der Waals surface area (Å²) in [5.74, 6) is 0. The molecule has 0 unspecified atom stereocenters. The summed E-state index contributed by atoms with van der Waals surface area (Å²) in [5.41, 5.74) is 2.12. The lowest BCUT2D eigenvalue weighted by Gasteiger charge is -2.09. The number of hydrogen-bond acceptors (Lipinski definition) is 3. The van der Waals surface area contributed by atoms with Gasteiger partial charge in [0.05, 0.1) is 11.9 Å². The van der Waals surface area contributed by atoms with Crippen molar-refractivity contribution in [1.29, 1.82) is 5.26 Å². The SMILES string of the molecule is N#Cc1c(N=CN2CCCC2)sc2c1CCCC2. The first-order valence-electron chi connectivity index (χ1n) is 6.71. The third-order valence-electron chi connectivity index (χ3n) is 3.74. The lowest BCUT2D eigenvalue weighted by atomic mass is 9.96. The molecule has 3 nitrogen and oxygen atoms in total. The molecule has 0 N–H and O–H groups in total. The van der Waals surface area contributed by atoms with Crippen LogP contribution in [0.4, 0.5) is 5.00 Å². The molecular formula is C14H17N3S. The van der Waals surface area contributed by atoms with Crippen LogP contribution in [0.25, 0.3) is 0 Å². The van der Waals surface area contributed by atoms with E-state index < -0.39 is 0 Å². The molecule has 4 heteroatoms. The maximum Gasteiger partial charge on any atom is 0.136 e. The van der Waals surface area contributed by atoms with Crippen molar-refractivity contribution >= 4 is 22.7 Å². The van der Waals surface area contributed by atoms with Crippen molar-refractivity contribution < 1.29 is 0 Å². The molecule has 1 aliphatic carbocycles. The molecule has 0 aromatic carbocycles. The number of hydrogen-bond donors (Lipinski definition) is 0. The van der Waals surface area contributed by atoms with E-state index in [0.717, 1.165) is 36.5 Å². The van der Waals surface area contributed by atoms with Gasteiger partial charge < -0.3 is 4.90 Å². The molecule has 1 aromatic heterocycles. The van der Waals surface area contributed by atoms with E-state index in [1.807, 2.05) is 6.34 Å². The molecule has 18 heavy (non-hydrogen) atoms. The summed E-state index contributed by atoms with van der Waals surface area (Å²) in [6.07, 6.45) is 9.13. The molecule has 3 rings (SSSR count). The fourth-order valence-corrected chi connectivity index (χ4v) is 3.93. The fraction of sp³-hybridized carbons (Fsp3) is 0.571. The zero-order valence-electron chi connectivity index (χ0n) is 10.5. The van der Waals surface area contributed by atoms with E-state index in [4.69, 9.17) is 0 Å². The van der Waals surface area contributed by atoms with Crippen LogP contribution in [0.3, 0.4) is 0 Å². The highest BCUT2D eigenvalue weighted by Gasteiger charge is 2.20. The van der Waals surface area contributed by atoms with Gasteiger partial charge in [0, 0.05) is 18.0 Å². The standard InChI is InChI=1S/C14H17N3S/c15-9-12-11-5-1-2-6-13(11)18-14(12)16-10-17-7-3-4-8-17/h10H,1-8H2. The van der Waals surface area contributed by atoms with E-state index in [1.54, 1.807) is 11.3 Å². The molecular weight excluding hydrogens is 242 g/mol. The summed E-state index contributed by atoms with van der Waals surface area (Å²) in [6.45, 7) is 2.22. The number of nitrogens with zero attached hydrogens (tertiary/aromatic N) is 3. The molecule has 0 saturated carbocycles. The number of fused-ring (bicyclic) bond motifs is 1. The van der Waals surface area contributed by atoms with Crippen LogP contribution < -0.4 is 0 Å². The Kier molecular flexibility index (Phi) is 3.33. The van der Waals surface area contributed by atoms with E-state index >= 15 is 0 Å². The van der Waals surface area contributed by atoms with Crippen LogP contribution >= 0.6 is 11.3 Å². The Bertz CT molecular complexity index is 504. The molecule has 1 fully saturated rings. The van der Waals surface area contributed by atoms with Crippen molar-refractivity contribution in [1.82, 2.24) is 4.90 Å². The molecule has 0 amide bonds. The molecule has 0 spiro atoms. The Labute approximate surface area is 112 Å². The van der Waals surface area contributed by atoms with Crippen molar-refractivity contribution in [3.63, 3.8) is 0 Å². The van der Waals surface area contributed by atoms with E-state index in [9.17, 15) is 5.26 Å². The van der Waals surface area contributed by atoms with Gasteiger partial charge in [-0.1, -0.05) is 0 Å². The molecule has 94 valence electrons. The lowest BCUT2D eigenvalue weighted by Crippen LogP contribution is -2.15. The van der Waals surface area contributed by atoms with Crippen molar-refractivity contribution in [2.75, 3.05) is 13.1 Å². The van der Waals surface area contributed by atoms with Gasteiger partial charge in [-0.3, -0.25) is 0 Å². The molecule has 1 aromatic rings. The zero-order chi connectivity index (χ0) is 12.4. The molecule has 2 aliphatic rings. The normalized spacial score (nSPS) is 19.2. The second kappa shape index (κ2) is 5.11. The Balaban J connectivity index is 1.87. The highest BCUT2D eigenvalue weighted by atomic mass is 32.1. The second-order valence-corrected chi connectivity index (χ2v) is 6.07. The van der Waals surface area contributed by atoms with Gasteiger partial charge in [0.1, 0.15) is 11.1 Å². The molecule has 0 atom stereocenters. The monoisotopic (exact) mass is 259 g/mol. The summed E-state index contributed by atoms with van der Waals surface area (Å²) < 4.78 is 0. The summed E-state index contributed by atoms with van der Waals surface area (Å²) in [5, 5.41) is 10.3. The Hall–Kier alpha value is -1.34. The smallest absolute Gasteiger partial charge is 0.136 e. The minimum absolute atomic E-state index is 0.838. The first-order valence-corrected chi connectivity index (χ1v) is 7.53. The number of nitriles is 1. The third-order valence-corrected chi connectivity index (χ3v) is 4.94. The van der Waals surface area contributed by atoms with Crippen molar-refractivity contribution in [2.24, 2.45) is 4.99 Å². The summed E-state index contributed by atoms with van der Waals surface area (Å²) in [6, 6.07) is 2.36. The molecule has 1 aliphatic heterocycles. The largest absolute Gasteiger partial charge is 0.363 e. The highest BCUT2D eigenvalue weighted by molar-refractivity contribution is 7.16. The van der Waals surface area contributed by atoms with Gasteiger partial charge in [-0.15, -0.1) is 11.3 Å². The summed E-state index contributed by atoms with van der Waals surface area (Å²) in [4.78, 5) is 8.21. The molecule has 1 saturated heterocycles. The minimum Gasteiger partial charge on any atom is -0.363 e. The lowest BCUT2D eigenvalue weighted by molar-refractivity contribution is 0.536. The van der Waals surface area contributed by atoms with Crippen LogP contribution in [0.1, 0.15) is 41.7 Å². The summed E-state index contributed by atoms with van der Waals surface area (Å²) in [7, 11) is 0. The Morgan fingerprint density at radius 3 is 2.72 bits per heavy atom. The van der Waals surface area contributed by atoms with Crippen molar-refractivity contribution in [2.45, 2.75) is 38.5 Å². The van der Waals surface area contributed by atoms with Crippen LogP contribution in [0.2, 0.25) is 0 Å². The maximum atomic E-state index is 9.32. The van der Waals surface area contributed by atoms with Gasteiger partial charge >= 0.3 is 0 Å². The van der Waals surface area contributed by atoms with Gasteiger partial charge in [-0.05, 0) is 44.1 Å². The van der Waals surface area contributed by atoms with Crippen LogP contribution in [0.15, 0.2) is 4.99 Å². The number of aryl methyl sites for hydroxylation is 1. The van der Waals surface area contributed by atoms with Crippen LogP contribution in [-0.2, 0) is 12.8 Å². The van der Waals surface area contributed by atoms with Gasteiger partial charge in [0.15, 0.2) is 0 Å². The molecule has 0 radical (unpaired) electrons. The predicted molar refractivity (Wildman–Crippen MR) is 74.6 cm³/mol. The van der Waals surface area contributed by atoms with Gasteiger partial charge in [-0.25, -0.2) is 4.99 Å². The average Bonchev–Trinajstić information content (AvgIpc) is 3.03.